The van der Waals surface area contributed by atoms with Crippen LogP contribution in [0, 0.1) is 5.92 Å². The van der Waals surface area contributed by atoms with Gasteiger partial charge in [0.05, 0.1) is 6.04 Å². The van der Waals surface area contributed by atoms with Gasteiger partial charge in [-0.2, -0.15) is 0 Å². The number of thioether (sulfide) groups is 1. The number of aliphatic hydroxyl groups excluding tert-OH is 1. The molecule has 3 amide bonds. The molecular weight excluding hydrogens is 582 g/mol. The number of aliphatic carboxylic acids is 1. The Balaban J connectivity index is 1.57. The summed E-state index contributed by atoms with van der Waals surface area (Å²) in [6.45, 7) is 3.60. The summed E-state index contributed by atoms with van der Waals surface area (Å²) in [4.78, 5) is 54.0. The van der Waals surface area contributed by atoms with Gasteiger partial charge in [0.2, 0.25) is 11.8 Å². The Hall–Kier alpha value is -4.35. The number of rotatable bonds is 12. The summed E-state index contributed by atoms with van der Waals surface area (Å²) >= 11 is 1.39. The highest BCUT2D eigenvalue weighted by Gasteiger charge is 2.46. The van der Waals surface area contributed by atoms with Crippen molar-refractivity contribution in [2.75, 3.05) is 5.75 Å². The second-order valence-corrected chi connectivity index (χ2v) is 12.0. The lowest BCUT2D eigenvalue weighted by atomic mass is 9.99. The van der Waals surface area contributed by atoms with Gasteiger partial charge in [0.25, 0.3) is 0 Å². The van der Waals surface area contributed by atoms with Crippen LogP contribution in [0.5, 0.6) is 0 Å². The number of nitrogens with one attached hydrogen (secondary N) is 2. The van der Waals surface area contributed by atoms with Crippen LogP contribution in [0.2, 0.25) is 0 Å². The Morgan fingerprint density at radius 3 is 2.02 bits per heavy atom. The Labute approximate surface area is 260 Å². The maximum atomic E-state index is 14.2. The van der Waals surface area contributed by atoms with Crippen molar-refractivity contribution < 1.29 is 34.1 Å². The summed E-state index contributed by atoms with van der Waals surface area (Å²) in [5, 5.41) is 24.9. The van der Waals surface area contributed by atoms with E-state index in [-0.39, 0.29) is 24.7 Å². The van der Waals surface area contributed by atoms with Crippen molar-refractivity contribution in [1.82, 2.24) is 15.5 Å². The van der Waals surface area contributed by atoms with Crippen molar-refractivity contribution >= 4 is 35.6 Å². The fourth-order valence-corrected chi connectivity index (χ4v) is 6.42. The number of carbonyl (C=O) groups excluding carboxylic acids is 3. The number of ether oxygens (including phenoxy) is 1. The molecule has 0 aliphatic carbocycles. The summed E-state index contributed by atoms with van der Waals surface area (Å²) in [5.74, 6) is -2.67. The molecule has 0 spiro atoms. The highest BCUT2D eigenvalue weighted by atomic mass is 32.2. The number of benzene rings is 3. The van der Waals surface area contributed by atoms with Crippen molar-refractivity contribution in [3.05, 3.63) is 108 Å². The van der Waals surface area contributed by atoms with Crippen molar-refractivity contribution in [2.24, 2.45) is 5.92 Å². The predicted octanol–water partition coefficient (Wildman–Crippen LogP) is 3.75. The van der Waals surface area contributed by atoms with E-state index in [0.717, 1.165) is 16.7 Å². The third kappa shape index (κ3) is 8.39. The molecule has 0 saturated carbocycles. The van der Waals surface area contributed by atoms with Crippen LogP contribution in [0.1, 0.15) is 35.9 Å². The van der Waals surface area contributed by atoms with E-state index in [1.54, 1.807) is 38.1 Å². The summed E-state index contributed by atoms with van der Waals surface area (Å²) in [6.07, 6.45) is -2.57. The highest BCUT2D eigenvalue weighted by Crippen LogP contribution is 2.42. The van der Waals surface area contributed by atoms with Crippen LogP contribution in [0.25, 0.3) is 0 Å². The van der Waals surface area contributed by atoms with Gasteiger partial charge in [-0.15, -0.1) is 11.8 Å². The van der Waals surface area contributed by atoms with Crippen LogP contribution < -0.4 is 10.6 Å². The molecule has 0 aromatic heterocycles. The molecule has 1 saturated heterocycles. The average Bonchev–Trinajstić information content (AvgIpc) is 3.48. The minimum atomic E-state index is -1.87. The molecule has 232 valence electrons. The summed E-state index contributed by atoms with van der Waals surface area (Å²) in [5.41, 5.74) is 2.31. The van der Waals surface area contributed by atoms with Crippen LogP contribution in [0.3, 0.4) is 0 Å². The molecule has 5 atom stereocenters. The van der Waals surface area contributed by atoms with E-state index in [0.29, 0.717) is 0 Å². The molecule has 4 rings (SSSR count). The highest BCUT2D eigenvalue weighted by molar-refractivity contribution is 7.99. The van der Waals surface area contributed by atoms with Gasteiger partial charge in [-0.05, 0) is 29.0 Å². The first kappa shape index (κ1) is 32.6. The van der Waals surface area contributed by atoms with Gasteiger partial charge in [0.1, 0.15) is 24.1 Å². The van der Waals surface area contributed by atoms with E-state index in [2.05, 4.69) is 10.6 Å². The largest absolute Gasteiger partial charge is 0.479 e. The fraction of sp³-hybridized carbons (Fsp3) is 0.333. The van der Waals surface area contributed by atoms with Crippen LogP contribution in [-0.4, -0.2) is 69.0 Å². The Morgan fingerprint density at radius 1 is 0.886 bits per heavy atom. The molecular formula is C33H37N3O7S. The molecule has 1 fully saturated rings. The number of amides is 3. The van der Waals surface area contributed by atoms with Crippen molar-refractivity contribution in [1.29, 1.82) is 0 Å². The molecule has 11 heteroatoms. The number of carbonyl (C=O) groups is 4. The van der Waals surface area contributed by atoms with Crippen molar-refractivity contribution in [3.8, 4) is 0 Å². The molecule has 3 aromatic rings. The smallest absolute Gasteiger partial charge is 0.408 e. The lowest BCUT2D eigenvalue weighted by molar-refractivity contribution is -0.149. The molecule has 3 aromatic carbocycles. The van der Waals surface area contributed by atoms with Crippen molar-refractivity contribution in [2.45, 2.75) is 56.5 Å². The third-order valence-corrected chi connectivity index (χ3v) is 8.64. The predicted molar refractivity (Wildman–Crippen MR) is 166 cm³/mol. The number of hydrogen-bond acceptors (Lipinski definition) is 7. The molecule has 1 heterocycles. The van der Waals surface area contributed by atoms with E-state index in [1.807, 2.05) is 66.7 Å². The van der Waals surface area contributed by atoms with Gasteiger partial charge < -0.3 is 30.5 Å². The van der Waals surface area contributed by atoms with E-state index >= 15 is 0 Å². The number of nitrogens with zero attached hydrogens (tertiary/aromatic N) is 1. The van der Waals surface area contributed by atoms with Gasteiger partial charge in [0, 0.05) is 5.75 Å². The first-order chi connectivity index (χ1) is 21.2. The lowest BCUT2D eigenvalue weighted by Gasteiger charge is -2.34. The van der Waals surface area contributed by atoms with Crippen LogP contribution in [0.15, 0.2) is 91.0 Å². The van der Waals surface area contributed by atoms with Crippen LogP contribution in [0.4, 0.5) is 4.79 Å². The quantitative estimate of drug-likeness (QED) is 0.240. The molecule has 0 radical (unpaired) electrons. The zero-order chi connectivity index (χ0) is 31.6. The molecule has 1 aliphatic heterocycles. The van der Waals surface area contributed by atoms with Gasteiger partial charge >= 0.3 is 12.1 Å². The standard InChI is InChI=1S/C33H37N3O7S/c1-21(2)27(35-33(42)43-19-23-14-8-4-9-15-23)30(39)36-26(20-44-31(36)24-16-10-5-11-17-24)29(38)34-25(28(37)32(40)41)18-22-12-6-3-7-13-22/h3-17,21,25-28,31,37H,18-20H2,1-2H3,(H,34,38)(H,35,42)(H,40,41)/t25-,26-,27-,28?,31?/m0/s1. The number of hydrogen-bond donors (Lipinski definition) is 4. The molecule has 4 N–H and O–H groups in total. The van der Waals surface area contributed by atoms with Gasteiger partial charge in [-0.25, -0.2) is 9.59 Å². The monoisotopic (exact) mass is 619 g/mol. The van der Waals surface area contributed by atoms with Gasteiger partial charge in [0.15, 0.2) is 6.10 Å². The molecule has 0 bridgehead atoms. The molecule has 2 unspecified atom stereocenters. The van der Waals surface area contributed by atoms with Crippen LogP contribution in [-0.2, 0) is 32.1 Å². The molecule has 1 aliphatic rings. The number of alkyl carbamates (subject to hydrolysis) is 1. The zero-order valence-electron chi connectivity index (χ0n) is 24.5. The lowest BCUT2D eigenvalue weighted by Crippen LogP contribution is -2.58. The fourth-order valence-electron chi connectivity index (χ4n) is 4.98. The van der Waals surface area contributed by atoms with Gasteiger partial charge in [-0.1, -0.05) is 105 Å². The Bertz CT molecular complexity index is 1410. The zero-order valence-corrected chi connectivity index (χ0v) is 25.4. The second kappa shape index (κ2) is 15.4. The maximum absolute atomic E-state index is 14.2. The van der Waals surface area contributed by atoms with E-state index in [4.69, 9.17) is 4.74 Å². The SMILES string of the molecule is CC(C)[C@H](NC(=O)OCc1ccccc1)C(=O)N1C(c2ccccc2)SC[C@H]1C(=O)N[C@@H](Cc1ccccc1)C(O)C(=O)O. The first-order valence-electron chi connectivity index (χ1n) is 14.4. The first-order valence-corrected chi connectivity index (χ1v) is 15.4. The summed E-state index contributed by atoms with van der Waals surface area (Å²) in [6, 6.07) is 24.2. The van der Waals surface area contributed by atoms with Crippen molar-refractivity contribution in [3.63, 3.8) is 0 Å². The summed E-state index contributed by atoms with van der Waals surface area (Å²) in [7, 11) is 0. The summed E-state index contributed by atoms with van der Waals surface area (Å²) < 4.78 is 5.38. The number of carboxylic acids is 1. The average molecular weight is 620 g/mol. The molecule has 10 nitrogen and oxygen atoms in total. The van der Waals surface area contributed by atoms with E-state index in [9.17, 15) is 29.4 Å². The topological polar surface area (TPSA) is 145 Å². The number of aliphatic hydroxyl groups is 1. The molecule has 44 heavy (non-hydrogen) atoms. The number of carboxylic acid groups (broad SMARTS) is 1. The van der Waals surface area contributed by atoms with Crippen LogP contribution >= 0.6 is 11.8 Å². The van der Waals surface area contributed by atoms with E-state index in [1.165, 1.54) is 16.7 Å². The second-order valence-electron chi connectivity index (χ2n) is 10.9. The minimum absolute atomic E-state index is 0.0254. The maximum Gasteiger partial charge on any atom is 0.408 e. The third-order valence-electron chi connectivity index (χ3n) is 7.32. The normalized spacial score (nSPS) is 18.2. The van der Waals surface area contributed by atoms with E-state index < -0.39 is 53.5 Å². The van der Waals surface area contributed by atoms with Gasteiger partial charge in [-0.3, -0.25) is 9.59 Å². The Kier molecular flexibility index (Phi) is 11.4. The minimum Gasteiger partial charge on any atom is -0.479 e. The Morgan fingerprint density at radius 2 is 1.45 bits per heavy atom.